The van der Waals surface area contributed by atoms with E-state index in [0.717, 1.165) is 0 Å². The zero-order valence-corrected chi connectivity index (χ0v) is 24.9. The highest BCUT2D eigenvalue weighted by Crippen LogP contribution is 2.39. The van der Waals surface area contributed by atoms with Crippen molar-refractivity contribution in [2.45, 2.75) is 65.0 Å². The molecule has 2 bridgehead atoms. The third-order valence-electron chi connectivity index (χ3n) is 7.00. The number of phenolic OH excluding ortho intramolecular Hbond substituents is 2. The number of rotatable bonds is 5. The average Bonchev–Trinajstić information content (AvgIpc) is 2.92. The maximum Gasteiger partial charge on any atom is 0.405 e. The summed E-state index contributed by atoms with van der Waals surface area (Å²) in [7, 11) is 6.06. The molecule has 0 saturated carbocycles. The molecule has 0 aliphatic carbocycles. The first-order valence-corrected chi connectivity index (χ1v) is 13.1. The highest BCUT2D eigenvalue weighted by atomic mass is 16.6. The minimum absolute atomic E-state index is 0.00120. The number of primary amides is 1. The molecule has 0 saturated heterocycles. The van der Waals surface area contributed by atoms with E-state index >= 15 is 0 Å². The third kappa shape index (κ3) is 8.59. The monoisotopic (exact) mass is 574 g/mol. The lowest BCUT2D eigenvalue weighted by atomic mass is 9.95. The molecule has 5 N–H and O–H groups in total. The molecule has 1 aromatic rings. The minimum Gasteiger partial charge on any atom is -0.508 e. The number of allylic oxidation sites excluding steroid dienone is 2. The summed E-state index contributed by atoms with van der Waals surface area (Å²) in [5, 5.41) is 24.1. The molecular weight excluding hydrogens is 532 g/mol. The van der Waals surface area contributed by atoms with E-state index in [1.54, 1.807) is 47.1 Å². The predicted octanol–water partition coefficient (Wildman–Crippen LogP) is 4.56. The summed E-state index contributed by atoms with van der Waals surface area (Å²) >= 11 is 0. The number of benzene rings is 1. The molecule has 4 unspecified atom stereocenters. The zero-order valence-electron chi connectivity index (χ0n) is 24.9. The number of ether oxygens (including phenoxy) is 5. The van der Waals surface area contributed by atoms with E-state index in [1.165, 1.54) is 26.4 Å². The first kappa shape index (κ1) is 33.4. The normalized spacial score (nSPS) is 26.2. The van der Waals surface area contributed by atoms with Crippen LogP contribution in [0.1, 0.15) is 46.1 Å². The lowest BCUT2D eigenvalue weighted by Crippen LogP contribution is -2.37. The molecule has 0 spiro atoms. The van der Waals surface area contributed by atoms with Gasteiger partial charge in [0.15, 0.2) is 6.10 Å². The van der Waals surface area contributed by atoms with Crippen LogP contribution in [0, 0.1) is 0 Å². The second-order valence-corrected chi connectivity index (χ2v) is 9.87. The Morgan fingerprint density at radius 3 is 2.15 bits per heavy atom. The number of fused-ring (bicyclic) bond motifs is 2. The lowest BCUT2D eigenvalue weighted by Gasteiger charge is -2.28. The van der Waals surface area contributed by atoms with Crippen molar-refractivity contribution >= 4 is 23.4 Å². The maximum absolute atomic E-state index is 13.0. The Bertz CT molecular complexity index is 1230. The summed E-state index contributed by atoms with van der Waals surface area (Å²) in [5.74, 6) is -0.665. The number of amides is 2. The molecule has 0 radical (unpaired) electrons. The summed E-state index contributed by atoms with van der Waals surface area (Å²) in [6.45, 7) is 6.97. The van der Waals surface area contributed by atoms with E-state index in [-0.39, 0.29) is 22.7 Å². The Morgan fingerprint density at radius 2 is 1.59 bits per heavy atom. The van der Waals surface area contributed by atoms with E-state index in [4.69, 9.17) is 29.4 Å². The molecule has 1 aromatic carbocycles. The standard InChI is InChI=1S/C30H42N2O9/c1-16-9-10-18(3)29(35)32-22-15-20(33)14-21(25(22)34)26(39-7)19(4)13-24(38-6)23(37-5)12-11-17(2)28(27(16)40-8)41-30(31)36/h9-11,14-15,23-24,27-28,33-34H,12-13H2,1-8H3,(H2,31,36)(H,32,35)/b16-9-,17-11?,18-10?,26-19+. The SMILES string of the molecule is CO/C1=C(\C)CC(OC)C(OC)CC=C(C)C(OC(N)=O)C(OC)/C(C)=C\C=C(C)C(=O)Nc2cc(O)cc1c2O. The highest BCUT2D eigenvalue weighted by Gasteiger charge is 2.29. The van der Waals surface area contributed by atoms with Crippen LogP contribution in [0.3, 0.4) is 0 Å². The van der Waals surface area contributed by atoms with Crippen molar-refractivity contribution in [1.82, 2.24) is 0 Å². The number of carbonyl (C=O) groups is 2. The first-order chi connectivity index (χ1) is 19.4. The van der Waals surface area contributed by atoms with Gasteiger partial charge in [-0.05, 0) is 56.9 Å². The molecular formula is C30H42N2O9. The number of aromatic hydroxyl groups is 2. The minimum atomic E-state index is -0.960. The largest absolute Gasteiger partial charge is 0.508 e. The zero-order chi connectivity index (χ0) is 30.9. The summed E-state index contributed by atoms with van der Waals surface area (Å²) in [4.78, 5) is 24.8. The van der Waals surface area contributed by atoms with Crippen molar-refractivity contribution in [2.75, 3.05) is 33.8 Å². The van der Waals surface area contributed by atoms with Gasteiger partial charge in [0.25, 0.3) is 5.91 Å². The summed E-state index contributed by atoms with van der Waals surface area (Å²) in [6.07, 6.45) is 2.47. The number of carbonyl (C=O) groups excluding carboxylic acids is 2. The number of anilines is 1. The van der Waals surface area contributed by atoms with Gasteiger partial charge in [-0.3, -0.25) is 4.79 Å². The van der Waals surface area contributed by atoms with Gasteiger partial charge in [0.2, 0.25) is 0 Å². The second kappa shape index (κ2) is 15.3. The second-order valence-electron chi connectivity index (χ2n) is 9.87. The van der Waals surface area contributed by atoms with Crippen LogP contribution < -0.4 is 11.1 Å². The molecule has 2 rings (SSSR count). The van der Waals surface area contributed by atoms with Crippen LogP contribution >= 0.6 is 0 Å². The fourth-order valence-corrected chi connectivity index (χ4v) is 4.70. The van der Waals surface area contributed by atoms with Crippen LogP contribution in [-0.2, 0) is 28.5 Å². The van der Waals surface area contributed by atoms with Crippen molar-refractivity contribution in [3.8, 4) is 11.5 Å². The van der Waals surface area contributed by atoms with Gasteiger partial charge < -0.3 is 44.9 Å². The number of nitrogens with one attached hydrogen (secondary N) is 1. The third-order valence-corrected chi connectivity index (χ3v) is 7.00. The van der Waals surface area contributed by atoms with E-state index in [9.17, 15) is 19.8 Å². The van der Waals surface area contributed by atoms with Crippen LogP contribution in [0.5, 0.6) is 11.5 Å². The number of phenols is 2. The Kier molecular flexibility index (Phi) is 12.4. The van der Waals surface area contributed by atoms with Crippen molar-refractivity contribution < 1.29 is 43.5 Å². The van der Waals surface area contributed by atoms with E-state index in [2.05, 4.69) is 5.32 Å². The molecule has 1 aliphatic rings. The Balaban J connectivity index is 2.77. The van der Waals surface area contributed by atoms with Gasteiger partial charge in [-0.25, -0.2) is 4.79 Å². The van der Waals surface area contributed by atoms with Gasteiger partial charge in [-0.2, -0.15) is 0 Å². The van der Waals surface area contributed by atoms with E-state index in [1.807, 2.05) is 13.0 Å². The van der Waals surface area contributed by atoms with Crippen molar-refractivity contribution in [3.63, 3.8) is 0 Å². The molecule has 11 heteroatoms. The molecule has 41 heavy (non-hydrogen) atoms. The van der Waals surface area contributed by atoms with Crippen molar-refractivity contribution in [3.05, 3.63) is 58.2 Å². The molecule has 11 nitrogen and oxygen atoms in total. The molecule has 0 aromatic heterocycles. The van der Waals surface area contributed by atoms with Gasteiger partial charge in [-0.15, -0.1) is 0 Å². The maximum atomic E-state index is 13.0. The van der Waals surface area contributed by atoms with Crippen LogP contribution in [0.25, 0.3) is 5.76 Å². The number of nitrogens with two attached hydrogens (primary N) is 1. The van der Waals surface area contributed by atoms with Crippen LogP contribution in [0.4, 0.5) is 10.5 Å². The quantitative estimate of drug-likeness (QED) is 0.225. The lowest BCUT2D eigenvalue weighted by molar-refractivity contribution is -0.112. The van der Waals surface area contributed by atoms with Gasteiger partial charge >= 0.3 is 6.09 Å². The van der Waals surface area contributed by atoms with E-state index < -0.39 is 36.4 Å². The average molecular weight is 575 g/mol. The highest BCUT2D eigenvalue weighted by molar-refractivity contribution is 6.04. The number of hydrogen-bond acceptors (Lipinski definition) is 9. The topological polar surface area (TPSA) is 159 Å². The fourth-order valence-electron chi connectivity index (χ4n) is 4.70. The Morgan fingerprint density at radius 1 is 0.927 bits per heavy atom. The predicted molar refractivity (Wildman–Crippen MR) is 155 cm³/mol. The summed E-state index contributed by atoms with van der Waals surface area (Å²) in [5.41, 5.74) is 7.92. The van der Waals surface area contributed by atoms with Gasteiger partial charge in [0, 0.05) is 39.4 Å². The molecule has 226 valence electrons. The molecule has 0 fully saturated rings. The fraction of sp³-hybridized carbons (Fsp3) is 0.467. The van der Waals surface area contributed by atoms with Gasteiger partial charge in [-0.1, -0.05) is 18.2 Å². The number of methoxy groups -OCH3 is 4. The van der Waals surface area contributed by atoms with Gasteiger partial charge in [0.1, 0.15) is 23.4 Å². The molecule has 1 aliphatic heterocycles. The van der Waals surface area contributed by atoms with Crippen molar-refractivity contribution in [2.24, 2.45) is 5.73 Å². The first-order valence-electron chi connectivity index (χ1n) is 13.1. The van der Waals surface area contributed by atoms with Crippen LogP contribution in [0.15, 0.2) is 52.7 Å². The van der Waals surface area contributed by atoms with Gasteiger partial charge in [0.05, 0.1) is 30.6 Å². The van der Waals surface area contributed by atoms with E-state index in [0.29, 0.717) is 40.9 Å². The molecule has 2 amide bonds. The van der Waals surface area contributed by atoms with Crippen molar-refractivity contribution in [1.29, 1.82) is 0 Å². The summed E-state index contributed by atoms with van der Waals surface area (Å²) in [6, 6.07) is 2.60. The summed E-state index contributed by atoms with van der Waals surface area (Å²) < 4.78 is 28.3. The Labute approximate surface area is 241 Å². The molecule has 1 heterocycles. The number of hydrogen-bond donors (Lipinski definition) is 4. The van der Waals surface area contributed by atoms with Crippen LogP contribution in [0.2, 0.25) is 0 Å². The molecule has 4 atom stereocenters. The Hall–Kier alpha value is -3.80. The van der Waals surface area contributed by atoms with Crippen LogP contribution in [-0.4, -0.2) is 75.1 Å². The smallest absolute Gasteiger partial charge is 0.405 e.